The summed E-state index contributed by atoms with van der Waals surface area (Å²) in [5.74, 6) is 0. The zero-order valence-corrected chi connectivity index (χ0v) is 6.40. The molecule has 0 aliphatic heterocycles. The van der Waals surface area contributed by atoms with Crippen molar-refractivity contribution in [2.75, 3.05) is 0 Å². The smallest absolute Gasteiger partial charge is 0.0291 e. The largest absolute Gasteiger partial charge is 0.327 e. The third-order valence-electron chi connectivity index (χ3n) is 0.961. The summed E-state index contributed by atoms with van der Waals surface area (Å²) in [6.45, 7) is 4.12. The predicted molar refractivity (Wildman–Crippen MR) is 36.7 cm³/mol. The molecule has 1 unspecified atom stereocenters. The Kier molecular flexibility index (Phi) is 3.66. The third kappa shape index (κ3) is 3.06. The van der Waals surface area contributed by atoms with Crippen LogP contribution in [-0.2, 0) is 0 Å². The van der Waals surface area contributed by atoms with Crippen molar-refractivity contribution in [2.45, 2.75) is 31.1 Å². The van der Waals surface area contributed by atoms with Crippen LogP contribution in [0.2, 0.25) is 0 Å². The van der Waals surface area contributed by atoms with Crippen molar-refractivity contribution in [2.24, 2.45) is 5.73 Å². The van der Waals surface area contributed by atoms with Gasteiger partial charge in [0.25, 0.3) is 0 Å². The number of hydrogen-bond donors (Lipinski definition) is 1. The molecule has 0 bridgehead atoms. The Morgan fingerprint density at radius 1 is 1.71 bits per heavy atom. The molecule has 0 radical (unpaired) electrons. The van der Waals surface area contributed by atoms with Crippen LogP contribution in [0.25, 0.3) is 0 Å². The summed E-state index contributed by atoms with van der Waals surface area (Å²) in [6.07, 6.45) is 1.11. The molecule has 2 N–H and O–H groups in total. The molecule has 0 aromatic heterocycles. The van der Waals surface area contributed by atoms with Gasteiger partial charge in [-0.25, -0.2) is 0 Å². The summed E-state index contributed by atoms with van der Waals surface area (Å²) in [5.41, 5.74) is 5.50. The molecule has 0 saturated carbocycles. The average molecular weight is 166 g/mol. The molecule has 0 aliphatic rings. The van der Waals surface area contributed by atoms with Crippen LogP contribution < -0.4 is 5.73 Å². The maximum absolute atomic E-state index is 5.50. The van der Waals surface area contributed by atoms with Crippen LogP contribution in [-0.4, -0.2) is 10.9 Å². The molecule has 0 aromatic rings. The van der Waals surface area contributed by atoms with Gasteiger partial charge in [0.1, 0.15) is 0 Å². The highest BCUT2D eigenvalue weighted by Crippen LogP contribution is 2.06. The second-order valence-corrected chi connectivity index (χ2v) is 2.96. The number of halogens is 1. The minimum absolute atomic E-state index is 0.282. The summed E-state index contributed by atoms with van der Waals surface area (Å²) >= 11 is 3.42. The summed E-state index contributed by atoms with van der Waals surface area (Å²) in [4.78, 5) is 0.493. The lowest BCUT2D eigenvalue weighted by Crippen LogP contribution is -2.25. The molecule has 2 heteroatoms. The van der Waals surface area contributed by atoms with Crippen LogP contribution in [0.3, 0.4) is 0 Å². The van der Waals surface area contributed by atoms with Gasteiger partial charge < -0.3 is 5.73 Å². The van der Waals surface area contributed by atoms with Gasteiger partial charge >= 0.3 is 0 Å². The van der Waals surface area contributed by atoms with Crippen molar-refractivity contribution in [3.8, 4) is 0 Å². The summed E-state index contributed by atoms with van der Waals surface area (Å²) < 4.78 is 0. The lowest BCUT2D eigenvalue weighted by atomic mass is 10.2. The second-order valence-electron chi connectivity index (χ2n) is 1.78. The van der Waals surface area contributed by atoms with Crippen LogP contribution in [0.4, 0.5) is 0 Å². The molecule has 0 amide bonds. The number of nitrogens with two attached hydrogens (primary N) is 1. The van der Waals surface area contributed by atoms with Gasteiger partial charge in [-0.2, -0.15) is 0 Å². The van der Waals surface area contributed by atoms with Crippen LogP contribution >= 0.6 is 15.9 Å². The van der Waals surface area contributed by atoms with E-state index in [9.17, 15) is 0 Å². The molecule has 0 heterocycles. The van der Waals surface area contributed by atoms with Crippen LogP contribution in [0.15, 0.2) is 0 Å². The standard InChI is InChI=1S/C5H12BrN/c1-3-5(6)4(2)7/h4-5H,3,7H2,1-2H3/t4-,5?/m0/s1. The van der Waals surface area contributed by atoms with E-state index in [0.29, 0.717) is 4.83 Å². The topological polar surface area (TPSA) is 26.0 Å². The van der Waals surface area contributed by atoms with E-state index in [4.69, 9.17) is 5.73 Å². The number of hydrogen-bond acceptors (Lipinski definition) is 1. The van der Waals surface area contributed by atoms with E-state index in [0.717, 1.165) is 6.42 Å². The highest BCUT2D eigenvalue weighted by Gasteiger charge is 2.03. The SMILES string of the molecule is CCC(Br)[C@H](C)N. The molecule has 1 nitrogen and oxygen atoms in total. The normalized spacial score (nSPS) is 18.9. The summed E-state index contributed by atoms with van der Waals surface area (Å²) in [6, 6.07) is 0.282. The predicted octanol–water partition coefficient (Wildman–Crippen LogP) is 1.51. The Morgan fingerprint density at radius 2 is 2.14 bits per heavy atom. The first-order chi connectivity index (χ1) is 3.18. The fraction of sp³-hybridized carbons (Fsp3) is 1.00. The van der Waals surface area contributed by atoms with E-state index >= 15 is 0 Å². The van der Waals surface area contributed by atoms with Crippen LogP contribution in [0, 0.1) is 0 Å². The number of rotatable bonds is 2. The zero-order chi connectivity index (χ0) is 5.86. The Hall–Kier alpha value is 0.440. The van der Waals surface area contributed by atoms with E-state index < -0.39 is 0 Å². The molecular weight excluding hydrogens is 154 g/mol. The van der Waals surface area contributed by atoms with Gasteiger partial charge in [-0.3, -0.25) is 0 Å². The van der Waals surface area contributed by atoms with Gasteiger partial charge in [-0.05, 0) is 13.3 Å². The maximum Gasteiger partial charge on any atom is 0.0291 e. The molecule has 2 atom stereocenters. The fourth-order valence-corrected chi connectivity index (χ4v) is 0.372. The van der Waals surface area contributed by atoms with Gasteiger partial charge in [0.15, 0.2) is 0 Å². The van der Waals surface area contributed by atoms with Crippen molar-refractivity contribution in [1.82, 2.24) is 0 Å². The van der Waals surface area contributed by atoms with Crippen molar-refractivity contribution in [3.05, 3.63) is 0 Å². The Balaban J connectivity index is 3.14. The van der Waals surface area contributed by atoms with Gasteiger partial charge in [0, 0.05) is 10.9 Å². The van der Waals surface area contributed by atoms with E-state index in [1.807, 2.05) is 6.92 Å². The van der Waals surface area contributed by atoms with Crippen molar-refractivity contribution >= 4 is 15.9 Å². The van der Waals surface area contributed by atoms with E-state index in [2.05, 4.69) is 22.9 Å². The van der Waals surface area contributed by atoms with Gasteiger partial charge in [-0.15, -0.1) is 0 Å². The minimum Gasteiger partial charge on any atom is -0.327 e. The van der Waals surface area contributed by atoms with E-state index in [1.165, 1.54) is 0 Å². The first-order valence-electron chi connectivity index (χ1n) is 2.58. The molecule has 44 valence electrons. The number of alkyl halides is 1. The molecule has 0 rings (SSSR count). The lowest BCUT2D eigenvalue weighted by molar-refractivity contribution is 0.680. The van der Waals surface area contributed by atoms with Crippen LogP contribution in [0.5, 0.6) is 0 Å². The van der Waals surface area contributed by atoms with Crippen molar-refractivity contribution in [1.29, 1.82) is 0 Å². The Bertz CT molecular complexity index is 45.3. The molecule has 0 saturated heterocycles. The third-order valence-corrected chi connectivity index (χ3v) is 2.44. The van der Waals surface area contributed by atoms with Gasteiger partial charge in [0.2, 0.25) is 0 Å². The highest BCUT2D eigenvalue weighted by atomic mass is 79.9. The Morgan fingerprint density at radius 3 is 2.14 bits per heavy atom. The van der Waals surface area contributed by atoms with E-state index in [1.54, 1.807) is 0 Å². The molecule has 0 aliphatic carbocycles. The lowest BCUT2D eigenvalue weighted by Gasteiger charge is -2.08. The molecule has 0 aromatic carbocycles. The zero-order valence-electron chi connectivity index (χ0n) is 4.82. The van der Waals surface area contributed by atoms with Crippen LogP contribution in [0.1, 0.15) is 20.3 Å². The minimum atomic E-state index is 0.282. The second kappa shape index (κ2) is 3.44. The molecule has 0 fully saturated rings. The van der Waals surface area contributed by atoms with Crippen molar-refractivity contribution < 1.29 is 0 Å². The first-order valence-corrected chi connectivity index (χ1v) is 3.49. The summed E-state index contributed by atoms with van der Waals surface area (Å²) in [7, 11) is 0. The first kappa shape index (κ1) is 7.44. The fourth-order valence-electron chi connectivity index (χ4n) is 0.372. The maximum atomic E-state index is 5.50. The molecule has 0 spiro atoms. The average Bonchev–Trinajstić information content (AvgIpc) is 1.65. The van der Waals surface area contributed by atoms with Crippen molar-refractivity contribution in [3.63, 3.8) is 0 Å². The summed E-state index contributed by atoms with van der Waals surface area (Å²) in [5, 5.41) is 0. The van der Waals surface area contributed by atoms with Gasteiger partial charge in [-0.1, -0.05) is 22.9 Å². The highest BCUT2D eigenvalue weighted by molar-refractivity contribution is 9.09. The monoisotopic (exact) mass is 165 g/mol. The quantitative estimate of drug-likeness (QED) is 0.618. The molecular formula is C5H12BrN. The van der Waals surface area contributed by atoms with Gasteiger partial charge in [0.05, 0.1) is 0 Å². The van der Waals surface area contributed by atoms with E-state index in [-0.39, 0.29) is 6.04 Å². The molecule has 7 heavy (non-hydrogen) atoms. The Labute approximate surface area is 53.4 Å².